The molecule has 6 heteroatoms. The molecule has 1 saturated heterocycles. The highest BCUT2D eigenvalue weighted by Gasteiger charge is 2.40. The predicted molar refractivity (Wildman–Crippen MR) is 62.0 cm³/mol. The monoisotopic (exact) mass is 253 g/mol. The molecule has 1 N–H and O–H groups in total. The van der Waals surface area contributed by atoms with Gasteiger partial charge in [-0.3, -0.25) is 0 Å². The van der Waals surface area contributed by atoms with Crippen LogP contribution in [-0.2, 0) is 0 Å². The molecule has 1 heterocycles. The SMILES string of the molecule is CN(C)CCCN1CCNCC(C(F)(F)F)C1. The lowest BCUT2D eigenvalue weighted by Crippen LogP contribution is -2.38. The largest absolute Gasteiger partial charge is 0.394 e. The van der Waals surface area contributed by atoms with Crippen LogP contribution in [0.1, 0.15) is 6.42 Å². The minimum Gasteiger partial charge on any atom is -0.315 e. The zero-order valence-corrected chi connectivity index (χ0v) is 10.6. The first kappa shape index (κ1) is 14.7. The van der Waals surface area contributed by atoms with E-state index in [0.29, 0.717) is 13.1 Å². The van der Waals surface area contributed by atoms with Crippen molar-refractivity contribution >= 4 is 0 Å². The van der Waals surface area contributed by atoms with Crippen molar-refractivity contribution in [3.05, 3.63) is 0 Å². The van der Waals surface area contributed by atoms with Crippen LogP contribution in [0.15, 0.2) is 0 Å². The van der Waals surface area contributed by atoms with Gasteiger partial charge in [0, 0.05) is 26.2 Å². The molecule has 1 aliphatic heterocycles. The van der Waals surface area contributed by atoms with Crippen molar-refractivity contribution in [3.63, 3.8) is 0 Å². The summed E-state index contributed by atoms with van der Waals surface area (Å²) in [5, 5.41) is 2.86. The standard InChI is InChI=1S/C11H22F3N3/c1-16(2)5-3-6-17-7-4-15-8-10(9-17)11(12,13)14/h10,15H,3-9H2,1-2H3. The van der Waals surface area contributed by atoms with E-state index in [1.807, 2.05) is 19.0 Å². The van der Waals surface area contributed by atoms with E-state index in [0.717, 1.165) is 19.5 Å². The van der Waals surface area contributed by atoms with Gasteiger partial charge in [0.15, 0.2) is 0 Å². The highest BCUT2D eigenvalue weighted by atomic mass is 19.4. The second kappa shape index (κ2) is 6.56. The van der Waals surface area contributed by atoms with Crippen LogP contribution < -0.4 is 5.32 Å². The minimum absolute atomic E-state index is 0.0493. The molecule has 1 aliphatic rings. The predicted octanol–water partition coefficient (Wildman–Crippen LogP) is 1.02. The number of alkyl halides is 3. The fraction of sp³-hybridized carbons (Fsp3) is 1.00. The molecule has 0 saturated carbocycles. The van der Waals surface area contributed by atoms with Crippen LogP contribution in [0.25, 0.3) is 0 Å². The third-order valence-electron chi connectivity index (χ3n) is 3.02. The van der Waals surface area contributed by atoms with Gasteiger partial charge in [-0.1, -0.05) is 0 Å². The normalized spacial score (nSPS) is 24.0. The molecule has 0 aromatic rings. The summed E-state index contributed by atoms with van der Waals surface area (Å²) in [5.74, 6) is -1.23. The quantitative estimate of drug-likeness (QED) is 0.807. The molecule has 0 aromatic heterocycles. The Kier molecular flexibility index (Phi) is 5.69. The Hall–Kier alpha value is -0.330. The third-order valence-corrected chi connectivity index (χ3v) is 3.02. The minimum atomic E-state index is -4.09. The van der Waals surface area contributed by atoms with Gasteiger partial charge in [0.2, 0.25) is 0 Å². The summed E-state index contributed by atoms with van der Waals surface area (Å²) in [7, 11) is 3.95. The summed E-state index contributed by atoms with van der Waals surface area (Å²) in [5.41, 5.74) is 0. The zero-order chi connectivity index (χ0) is 12.9. The smallest absolute Gasteiger partial charge is 0.315 e. The summed E-state index contributed by atoms with van der Waals surface area (Å²) in [6.07, 6.45) is -3.17. The molecular formula is C11H22F3N3. The van der Waals surface area contributed by atoms with Gasteiger partial charge >= 0.3 is 6.18 Å². The van der Waals surface area contributed by atoms with Crippen LogP contribution in [0.3, 0.4) is 0 Å². The number of nitrogens with one attached hydrogen (secondary N) is 1. The molecule has 0 radical (unpaired) electrons. The van der Waals surface area contributed by atoms with Crippen molar-refractivity contribution in [2.24, 2.45) is 5.92 Å². The maximum atomic E-state index is 12.7. The molecule has 102 valence electrons. The number of nitrogens with zero attached hydrogens (tertiary/aromatic N) is 2. The number of halogens is 3. The van der Waals surface area contributed by atoms with E-state index in [4.69, 9.17) is 0 Å². The van der Waals surface area contributed by atoms with Crippen LogP contribution in [0.5, 0.6) is 0 Å². The fourth-order valence-corrected chi connectivity index (χ4v) is 2.01. The third kappa shape index (κ3) is 5.70. The first-order valence-corrected chi connectivity index (χ1v) is 6.04. The Morgan fingerprint density at radius 3 is 2.65 bits per heavy atom. The molecule has 3 nitrogen and oxygen atoms in total. The first-order valence-electron chi connectivity index (χ1n) is 6.04. The summed E-state index contributed by atoms with van der Waals surface area (Å²) in [6.45, 7) is 3.19. The Labute approximate surface area is 101 Å². The number of hydrogen-bond donors (Lipinski definition) is 1. The Balaban J connectivity index is 2.38. The van der Waals surface area contributed by atoms with Crippen molar-refractivity contribution < 1.29 is 13.2 Å². The van der Waals surface area contributed by atoms with E-state index in [-0.39, 0.29) is 13.1 Å². The van der Waals surface area contributed by atoms with Crippen LogP contribution in [0.2, 0.25) is 0 Å². The average molecular weight is 253 g/mol. The van der Waals surface area contributed by atoms with Crippen molar-refractivity contribution in [3.8, 4) is 0 Å². The molecule has 1 fully saturated rings. The van der Waals surface area contributed by atoms with Gasteiger partial charge in [-0.2, -0.15) is 13.2 Å². The fourth-order valence-electron chi connectivity index (χ4n) is 2.01. The van der Waals surface area contributed by atoms with Gasteiger partial charge in [-0.05, 0) is 33.6 Å². The van der Waals surface area contributed by atoms with Crippen molar-refractivity contribution in [1.29, 1.82) is 0 Å². The van der Waals surface area contributed by atoms with Gasteiger partial charge in [-0.25, -0.2) is 0 Å². The second-order valence-corrected chi connectivity index (χ2v) is 4.90. The van der Waals surface area contributed by atoms with E-state index < -0.39 is 12.1 Å². The summed E-state index contributed by atoms with van der Waals surface area (Å²) in [4.78, 5) is 3.97. The van der Waals surface area contributed by atoms with Gasteiger partial charge in [0.1, 0.15) is 0 Å². The molecule has 0 amide bonds. The summed E-state index contributed by atoms with van der Waals surface area (Å²) in [6, 6.07) is 0. The maximum Gasteiger partial charge on any atom is 0.394 e. The Bertz CT molecular complexity index is 218. The van der Waals surface area contributed by atoms with Crippen LogP contribution >= 0.6 is 0 Å². The molecule has 0 aliphatic carbocycles. The van der Waals surface area contributed by atoms with E-state index in [2.05, 4.69) is 10.2 Å². The highest BCUT2D eigenvalue weighted by molar-refractivity contribution is 4.78. The van der Waals surface area contributed by atoms with Gasteiger partial charge in [-0.15, -0.1) is 0 Å². The van der Waals surface area contributed by atoms with E-state index >= 15 is 0 Å². The van der Waals surface area contributed by atoms with E-state index in [1.54, 1.807) is 0 Å². The maximum absolute atomic E-state index is 12.7. The average Bonchev–Trinajstić information content (AvgIpc) is 2.41. The van der Waals surface area contributed by atoms with E-state index in [1.165, 1.54) is 0 Å². The lowest BCUT2D eigenvalue weighted by Gasteiger charge is -2.25. The van der Waals surface area contributed by atoms with Gasteiger partial charge in [0.25, 0.3) is 0 Å². The summed E-state index contributed by atoms with van der Waals surface area (Å²) < 4.78 is 38.0. The van der Waals surface area contributed by atoms with Crippen LogP contribution in [-0.4, -0.2) is 69.3 Å². The molecule has 1 unspecified atom stereocenters. The van der Waals surface area contributed by atoms with Crippen molar-refractivity contribution in [1.82, 2.24) is 15.1 Å². The van der Waals surface area contributed by atoms with Gasteiger partial charge < -0.3 is 15.1 Å². The summed E-state index contributed by atoms with van der Waals surface area (Å²) >= 11 is 0. The van der Waals surface area contributed by atoms with Gasteiger partial charge in [0.05, 0.1) is 5.92 Å². The lowest BCUT2D eigenvalue weighted by molar-refractivity contribution is -0.175. The molecular weight excluding hydrogens is 231 g/mol. The number of rotatable bonds is 4. The number of hydrogen-bond acceptors (Lipinski definition) is 3. The molecule has 0 aromatic carbocycles. The van der Waals surface area contributed by atoms with E-state index in [9.17, 15) is 13.2 Å². The highest BCUT2D eigenvalue weighted by Crippen LogP contribution is 2.27. The molecule has 1 rings (SSSR count). The molecule has 17 heavy (non-hydrogen) atoms. The Morgan fingerprint density at radius 1 is 1.35 bits per heavy atom. The zero-order valence-electron chi connectivity index (χ0n) is 10.6. The first-order chi connectivity index (χ1) is 7.89. The molecule has 1 atom stereocenters. The van der Waals surface area contributed by atoms with Crippen LogP contribution in [0, 0.1) is 5.92 Å². The Morgan fingerprint density at radius 2 is 2.06 bits per heavy atom. The van der Waals surface area contributed by atoms with Crippen LogP contribution in [0.4, 0.5) is 13.2 Å². The topological polar surface area (TPSA) is 18.5 Å². The second-order valence-electron chi connectivity index (χ2n) is 4.90. The van der Waals surface area contributed by atoms with Crippen molar-refractivity contribution in [2.45, 2.75) is 12.6 Å². The molecule has 0 spiro atoms. The van der Waals surface area contributed by atoms with Crippen molar-refractivity contribution in [2.75, 3.05) is 53.4 Å². The molecule has 0 bridgehead atoms. The lowest BCUT2D eigenvalue weighted by atomic mass is 10.1.